The van der Waals surface area contributed by atoms with Gasteiger partial charge in [-0.15, -0.1) is 0 Å². The minimum atomic E-state index is 0.535. The Bertz CT molecular complexity index is 517. The van der Waals surface area contributed by atoms with Gasteiger partial charge in [-0.1, -0.05) is 32.0 Å². The Kier molecular flexibility index (Phi) is 3.20. The topological polar surface area (TPSA) is 9.23 Å². The van der Waals surface area contributed by atoms with Crippen molar-refractivity contribution in [2.24, 2.45) is 0 Å². The third-order valence-electron chi connectivity index (χ3n) is 2.82. The lowest BCUT2D eigenvalue weighted by Crippen LogP contribution is -1.90. The minimum absolute atomic E-state index is 0.535. The van der Waals surface area contributed by atoms with E-state index in [4.69, 9.17) is 4.74 Å². The summed E-state index contributed by atoms with van der Waals surface area (Å²) in [5.74, 6) is 1.45. The molecule has 0 amide bonds. The van der Waals surface area contributed by atoms with E-state index in [2.05, 4.69) is 54.0 Å². The molecule has 0 aromatic heterocycles. The lowest BCUT2D eigenvalue weighted by Gasteiger charge is -2.11. The predicted molar refractivity (Wildman–Crippen MR) is 72.3 cm³/mol. The molecule has 0 bridgehead atoms. The van der Waals surface area contributed by atoms with Crippen LogP contribution in [-0.4, -0.2) is 7.11 Å². The lowest BCUT2D eigenvalue weighted by molar-refractivity contribution is 0.417. The van der Waals surface area contributed by atoms with Crippen molar-refractivity contribution in [2.45, 2.75) is 19.8 Å². The van der Waals surface area contributed by atoms with Crippen molar-refractivity contribution in [1.29, 1.82) is 0 Å². The number of rotatable bonds is 2. The van der Waals surface area contributed by atoms with Crippen molar-refractivity contribution in [3.8, 4) is 5.75 Å². The third kappa shape index (κ3) is 1.94. The third-order valence-corrected chi connectivity index (χ3v) is 3.44. The van der Waals surface area contributed by atoms with Crippen LogP contribution in [0.2, 0.25) is 0 Å². The number of benzene rings is 2. The van der Waals surface area contributed by atoms with Gasteiger partial charge in [-0.25, -0.2) is 0 Å². The van der Waals surface area contributed by atoms with Crippen LogP contribution in [0.3, 0.4) is 0 Å². The van der Waals surface area contributed by atoms with Crippen molar-refractivity contribution >= 4 is 26.7 Å². The van der Waals surface area contributed by atoms with Gasteiger partial charge in [-0.05, 0) is 44.9 Å². The smallest absolute Gasteiger partial charge is 0.140 e. The summed E-state index contributed by atoms with van der Waals surface area (Å²) in [6.07, 6.45) is 0. The molecule has 0 unspecified atom stereocenters. The van der Waals surface area contributed by atoms with E-state index >= 15 is 0 Å². The van der Waals surface area contributed by atoms with Crippen molar-refractivity contribution in [3.63, 3.8) is 0 Å². The summed E-state index contributed by atoms with van der Waals surface area (Å²) in [6, 6.07) is 10.7. The van der Waals surface area contributed by atoms with Crippen LogP contribution in [0.1, 0.15) is 25.3 Å². The van der Waals surface area contributed by atoms with Crippen molar-refractivity contribution in [1.82, 2.24) is 0 Å². The molecule has 2 aromatic rings. The maximum absolute atomic E-state index is 5.45. The van der Waals surface area contributed by atoms with Gasteiger partial charge in [0.25, 0.3) is 0 Å². The predicted octanol–water partition coefficient (Wildman–Crippen LogP) is 4.73. The van der Waals surface area contributed by atoms with Crippen LogP contribution in [0.25, 0.3) is 10.8 Å². The second kappa shape index (κ2) is 4.46. The number of halogens is 1. The summed E-state index contributed by atoms with van der Waals surface area (Å²) in [4.78, 5) is 0. The van der Waals surface area contributed by atoms with E-state index in [1.807, 2.05) is 6.07 Å². The van der Waals surface area contributed by atoms with Crippen molar-refractivity contribution < 1.29 is 4.74 Å². The van der Waals surface area contributed by atoms with E-state index in [-0.39, 0.29) is 0 Å². The number of hydrogen-bond donors (Lipinski definition) is 0. The van der Waals surface area contributed by atoms with Gasteiger partial charge in [-0.3, -0.25) is 0 Å². The number of ether oxygens (including phenoxy) is 1. The Labute approximate surface area is 105 Å². The monoisotopic (exact) mass is 278 g/mol. The molecule has 0 N–H and O–H groups in total. The Balaban J connectivity index is 2.73. The van der Waals surface area contributed by atoms with Gasteiger partial charge in [0, 0.05) is 5.39 Å². The molecule has 2 aromatic carbocycles. The standard InChI is InChI=1S/C14H15BrO/c1-9(2)11-5-4-10-6-7-13(15)14(16-3)12(10)8-11/h4-9H,1-3H3. The summed E-state index contributed by atoms with van der Waals surface area (Å²) in [6.45, 7) is 4.40. The van der Waals surface area contributed by atoms with Gasteiger partial charge in [-0.2, -0.15) is 0 Å². The maximum atomic E-state index is 5.45. The molecule has 0 atom stereocenters. The first-order valence-electron chi connectivity index (χ1n) is 5.39. The second-order valence-electron chi connectivity index (χ2n) is 4.22. The van der Waals surface area contributed by atoms with Crippen LogP contribution in [0.5, 0.6) is 5.75 Å². The van der Waals surface area contributed by atoms with Gasteiger partial charge in [0.05, 0.1) is 11.6 Å². The van der Waals surface area contributed by atoms with Gasteiger partial charge < -0.3 is 4.74 Å². The molecule has 84 valence electrons. The van der Waals surface area contributed by atoms with Gasteiger partial charge >= 0.3 is 0 Å². The van der Waals surface area contributed by atoms with E-state index in [0.29, 0.717) is 5.92 Å². The molecule has 0 heterocycles. The molecule has 2 heteroatoms. The second-order valence-corrected chi connectivity index (χ2v) is 5.07. The Hall–Kier alpha value is -1.02. The lowest BCUT2D eigenvalue weighted by atomic mass is 9.99. The average molecular weight is 279 g/mol. The zero-order valence-corrected chi connectivity index (χ0v) is 11.3. The molecule has 0 saturated carbocycles. The normalized spacial score (nSPS) is 11.1. The van der Waals surface area contributed by atoms with Gasteiger partial charge in [0.1, 0.15) is 5.75 Å². The van der Waals surface area contributed by atoms with Gasteiger partial charge in [0.2, 0.25) is 0 Å². The Morgan fingerprint density at radius 3 is 2.44 bits per heavy atom. The summed E-state index contributed by atoms with van der Waals surface area (Å²) < 4.78 is 6.45. The van der Waals surface area contributed by atoms with Crippen LogP contribution >= 0.6 is 15.9 Å². The highest BCUT2D eigenvalue weighted by atomic mass is 79.9. The first-order valence-corrected chi connectivity index (χ1v) is 6.19. The summed E-state index contributed by atoms with van der Waals surface area (Å²) in [5.41, 5.74) is 1.34. The molecule has 1 nitrogen and oxygen atoms in total. The quantitative estimate of drug-likeness (QED) is 0.771. The maximum Gasteiger partial charge on any atom is 0.140 e. The van der Waals surface area contributed by atoms with E-state index < -0.39 is 0 Å². The van der Waals surface area contributed by atoms with Crippen LogP contribution in [0.4, 0.5) is 0 Å². The fraction of sp³-hybridized carbons (Fsp3) is 0.286. The summed E-state index contributed by atoms with van der Waals surface area (Å²) >= 11 is 3.51. The van der Waals surface area contributed by atoms with E-state index in [1.54, 1.807) is 7.11 Å². The molecule has 0 aliphatic heterocycles. The van der Waals surface area contributed by atoms with Crippen molar-refractivity contribution in [2.75, 3.05) is 7.11 Å². The first-order chi connectivity index (χ1) is 7.63. The molecule has 0 saturated heterocycles. The van der Waals surface area contributed by atoms with Crippen LogP contribution in [-0.2, 0) is 0 Å². The van der Waals surface area contributed by atoms with E-state index in [9.17, 15) is 0 Å². The Morgan fingerprint density at radius 1 is 1.12 bits per heavy atom. The molecule has 0 radical (unpaired) electrons. The Morgan fingerprint density at radius 2 is 1.81 bits per heavy atom. The molecule has 0 aliphatic carbocycles. The summed E-state index contributed by atoms with van der Waals surface area (Å²) in [7, 11) is 1.71. The van der Waals surface area contributed by atoms with Crippen LogP contribution < -0.4 is 4.74 Å². The van der Waals surface area contributed by atoms with E-state index in [1.165, 1.54) is 16.3 Å². The number of hydrogen-bond acceptors (Lipinski definition) is 1. The highest BCUT2D eigenvalue weighted by molar-refractivity contribution is 9.10. The fourth-order valence-corrected chi connectivity index (χ4v) is 2.36. The van der Waals surface area contributed by atoms with Crippen LogP contribution in [0, 0.1) is 0 Å². The van der Waals surface area contributed by atoms with Gasteiger partial charge in [0.15, 0.2) is 0 Å². The molecule has 0 fully saturated rings. The highest BCUT2D eigenvalue weighted by Gasteiger charge is 2.08. The minimum Gasteiger partial charge on any atom is -0.495 e. The van der Waals surface area contributed by atoms with Crippen molar-refractivity contribution in [3.05, 3.63) is 40.4 Å². The average Bonchev–Trinajstić information content (AvgIpc) is 2.28. The number of methoxy groups -OCH3 is 1. The molecule has 16 heavy (non-hydrogen) atoms. The molecular formula is C14H15BrO. The zero-order valence-electron chi connectivity index (χ0n) is 9.75. The largest absolute Gasteiger partial charge is 0.495 e. The van der Waals surface area contributed by atoms with Crippen LogP contribution in [0.15, 0.2) is 34.8 Å². The first kappa shape index (κ1) is 11.5. The molecular weight excluding hydrogens is 264 g/mol. The molecule has 0 spiro atoms. The highest BCUT2D eigenvalue weighted by Crippen LogP contribution is 2.34. The fourth-order valence-electron chi connectivity index (χ4n) is 1.85. The molecule has 2 rings (SSSR count). The SMILES string of the molecule is COc1c(Br)ccc2ccc(C(C)C)cc12. The number of fused-ring (bicyclic) bond motifs is 1. The summed E-state index contributed by atoms with van der Waals surface area (Å²) in [5, 5.41) is 2.38. The molecule has 0 aliphatic rings. The zero-order chi connectivity index (χ0) is 11.7. The van der Waals surface area contributed by atoms with E-state index in [0.717, 1.165) is 10.2 Å².